The summed E-state index contributed by atoms with van der Waals surface area (Å²) in [5, 5.41) is 6.25. The van der Waals surface area contributed by atoms with Gasteiger partial charge in [-0.15, -0.1) is 0 Å². The largest absolute Gasteiger partial charge is 0.465 e. The lowest BCUT2D eigenvalue weighted by atomic mass is 9.99. The summed E-state index contributed by atoms with van der Waals surface area (Å²) in [5.41, 5.74) is 1.72. The topological polar surface area (TPSA) is 81.3 Å². The van der Waals surface area contributed by atoms with Crippen molar-refractivity contribution in [1.82, 2.24) is 5.01 Å². The van der Waals surface area contributed by atoms with E-state index in [2.05, 4.69) is 5.10 Å². The highest BCUT2D eigenvalue weighted by atomic mass is 16.6. The first-order valence-corrected chi connectivity index (χ1v) is 9.59. The maximum atomic E-state index is 12.2. The van der Waals surface area contributed by atoms with Crippen molar-refractivity contribution in [3.8, 4) is 0 Å². The molecule has 0 atom stereocenters. The molecule has 2 heterocycles. The fourth-order valence-electron chi connectivity index (χ4n) is 2.93. The standard InChI is InChI=1S/C21H30N2O5/c1-8-16-15-10-14(11-17(24)28-21(5,6)7)27-20(15)19(13(3)4)22-23(16)12-18(25)26-9-2/h8,10,13H,9,11-12H2,1-7H3/b16-8-. The van der Waals surface area contributed by atoms with Crippen LogP contribution in [0.15, 0.2) is 21.7 Å². The molecule has 154 valence electrons. The molecule has 7 heteroatoms. The summed E-state index contributed by atoms with van der Waals surface area (Å²) >= 11 is 0. The predicted octanol–water partition coefficient (Wildman–Crippen LogP) is 3.76. The summed E-state index contributed by atoms with van der Waals surface area (Å²) in [6, 6.07) is 1.82. The van der Waals surface area contributed by atoms with E-state index in [0.717, 1.165) is 17.0 Å². The summed E-state index contributed by atoms with van der Waals surface area (Å²) in [6.07, 6.45) is 1.90. The molecule has 0 amide bonds. The second-order valence-corrected chi connectivity index (χ2v) is 7.90. The molecule has 0 unspecified atom stereocenters. The number of carbonyl (C=O) groups is 2. The van der Waals surface area contributed by atoms with Crippen LogP contribution in [0.4, 0.5) is 0 Å². The van der Waals surface area contributed by atoms with E-state index in [0.29, 0.717) is 18.1 Å². The minimum atomic E-state index is -0.557. The lowest BCUT2D eigenvalue weighted by molar-refractivity contribution is -0.154. The molecule has 0 bridgehead atoms. The molecule has 1 aromatic heterocycles. The Balaban J connectivity index is 2.35. The van der Waals surface area contributed by atoms with Gasteiger partial charge < -0.3 is 13.9 Å². The van der Waals surface area contributed by atoms with E-state index in [1.165, 1.54) is 0 Å². The van der Waals surface area contributed by atoms with Crippen LogP contribution in [0.2, 0.25) is 0 Å². The molecule has 28 heavy (non-hydrogen) atoms. The number of hydrogen-bond donors (Lipinski definition) is 0. The highest BCUT2D eigenvalue weighted by Crippen LogP contribution is 2.34. The van der Waals surface area contributed by atoms with Crippen molar-refractivity contribution in [2.45, 2.75) is 60.5 Å². The van der Waals surface area contributed by atoms with Crippen LogP contribution in [0.25, 0.3) is 5.70 Å². The van der Waals surface area contributed by atoms with Gasteiger partial charge in [-0.25, -0.2) is 0 Å². The summed E-state index contributed by atoms with van der Waals surface area (Å²) in [6.45, 7) is 13.4. The lowest BCUT2D eigenvalue weighted by Crippen LogP contribution is -2.31. The van der Waals surface area contributed by atoms with Crippen molar-refractivity contribution >= 4 is 23.3 Å². The van der Waals surface area contributed by atoms with Gasteiger partial charge in [0.25, 0.3) is 0 Å². The van der Waals surface area contributed by atoms with Crippen molar-refractivity contribution < 1.29 is 23.5 Å². The molecule has 0 fully saturated rings. The smallest absolute Gasteiger partial charge is 0.327 e. The number of carbonyl (C=O) groups excluding carboxylic acids is 2. The lowest BCUT2D eigenvalue weighted by Gasteiger charge is -2.27. The van der Waals surface area contributed by atoms with Gasteiger partial charge in [0, 0.05) is 11.5 Å². The monoisotopic (exact) mass is 390 g/mol. The molecule has 1 aliphatic heterocycles. The van der Waals surface area contributed by atoms with E-state index >= 15 is 0 Å². The van der Waals surface area contributed by atoms with Crippen LogP contribution in [-0.2, 0) is 25.5 Å². The Morgan fingerprint density at radius 1 is 1.29 bits per heavy atom. The Bertz CT molecular complexity index is 796. The van der Waals surface area contributed by atoms with E-state index in [1.54, 1.807) is 11.9 Å². The molecule has 0 radical (unpaired) electrons. The molecule has 1 aromatic rings. The van der Waals surface area contributed by atoms with E-state index < -0.39 is 5.60 Å². The predicted molar refractivity (Wildman–Crippen MR) is 107 cm³/mol. The first-order valence-electron chi connectivity index (χ1n) is 9.59. The van der Waals surface area contributed by atoms with E-state index in [9.17, 15) is 9.59 Å². The van der Waals surface area contributed by atoms with Crippen LogP contribution in [0.3, 0.4) is 0 Å². The highest BCUT2D eigenvalue weighted by molar-refractivity contribution is 6.05. The van der Waals surface area contributed by atoms with E-state index in [4.69, 9.17) is 13.9 Å². The van der Waals surface area contributed by atoms with Crippen LogP contribution in [-0.4, -0.2) is 41.4 Å². The number of rotatable bonds is 6. The van der Waals surface area contributed by atoms with Crippen LogP contribution >= 0.6 is 0 Å². The zero-order chi connectivity index (χ0) is 21.1. The maximum absolute atomic E-state index is 12.2. The minimum absolute atomic E-state index is 0.00968. The van der Waals surface area contributed by atoms with Gasteiger partial charge in [-0.1, -0.05) is 19.9 Å². The molecule has 0 aliphatic carbocycles. The molecule has 7 nitrogen and oxygen atoms in total. The van der Waals surface area contributed by atoms with Gasteiger partial charge in [0.2, 0.25) is 0 Å². The fraction of sp³-hybridized carbons (Fsp3) is 0.571. The van der Waals surface area contributed by atoms with Gasteiger partial charge in [0.05, 0.1) is 12.3 Å². The fourth-order valence-corrected chi connectivity index (χ4v) is 2.93. The van der Waals surface area contributed by atoms with Crippen LogP contribution < -0.4 is 0 Å². The van der Waals surface area contributed by atoms with Crippen molar-refractivity contribution in [2.24, 2.45) is 11.0 Å². The van der Waals surface area contributed by atoms with Gasteiger partial charge >= 0.3 is 11.9 Å². The molecule has 0 N–H and O–H groups in total. The number of nitrogens with zero attached hydrogens (tertiary/aromatic N) is 2. The molecule has 0 saturated heterocycles. The molecule has 0 spiro atoms. The third kappa shape index (κ3) is 5.24. The van der Waals surface area contributed by atoms with Crippen molar-refractivity contribution in [3.63, 3.8) is 0 Å². The number of esters is 2. The zero-order valence-corrected chi connectivity index (χ0v) is 17.8. The number of furan rings is 1. The number of fused-ring (bicyclic) bond motifs is 1. The summed E-state index contributed by atoms with van der Waals surface area (Å²) < 4.78 is 16.4. The Kier molecular flexibility index (Phi) is 6.69. The third-order valence-corrected chi connectivity index (χ3v) is 3.94. The SMILES string of the molecule is C/C=C1/c2cc(CC(=O)OC(C)(C)C)oc2C(C(C)C)=NN1CC(=O)OCC. The minimum Gasteiger partial charge on any atom is -0.465 e. The van der Waals surface area contributed by atoms with Gasteiger partial charge in [-0.05, 0) is 40.7 Å². The van der Waals surface area contributed by atoms with Gasteiger partial charge in [-0.3, -0.25) is 14.6 Å². The van der Waals surface area contributed by atoms with Crippen LogP contribution in [0.1, 0.15) is 65.6 Å². The quantitative estimate of drug-likeness (QED) is 0.688. The summed E-state index contributed by atoms with van der Waals surface area (Å²) in [7, 11) is 0. The maximum Gasteiger partial charge on any atom is 0.327 e. The summed E-state index contributed by atoms with van der Waals surface area (Å²) in [5.74, 6) is 0.496. The van der Waals surface area contributed by atoms with Crippen molar-refractivity contribution in [1.29, 1.82) is 0 Å². The van der Waals surface area contributed by atoms with E-state index in [1.807, 2.05) is 53.7 Å². The third-order valence-electron chi connectivity index (χ3n) is 3.94. The molecular weight excluding hydrogens is 360 g/mol. The van der Waals surface area contributed by atoms with E-state index in [-0.39, 0.29) is 30.8 Å². The average Bonchev–Trinajstić information content (AvgIpc) is 2.95. The van der Waals surface area contributed by atoms with Crippen molar-refractivity contribution in [3.05, 3.63) is 29.2 Å². The summed E-state index contributed by atoms with van der Waals surface area (Å²) in [4.78, 5) is 24.2. The van der Waals surface area contributed by atoms with Gasteiger partial charge in [-0.2, -0.15) is 5.10 Å². The van der Waals surface area contributed by atoms with Crippen molar-refractivity contribution in [2.75, 3.05) is 13.2 Å². The second-order valence-electron chi connectivity index (χ2n) is 7.90. The second kappa shape index (κ2) is 8.63. The average molecular weight is 390 g/mol. The Morgan fingerprint density at radius 3 is 2.50 bits per heavy atom. The number of ether oxygens (including phenoxy) is 2. The number of hydrazone groups is 1. The number of allylic oxidation sites excluding steroid dienone is 1. The zero-order valence-electron chi connectivity index (χ0n) is 17.8. The Hall–Kier alpha value is -2.57. The molecule has 1 aliphatic rings. The molecule has 0 aromatic carbocycles. The first-order chi connectivity index (χ1) is 13.1. The molecule has 2 rings (SSSR count). The van der Waals surface area contributed by atoms with Crippen LogP contribution in [0, 0.1) is 5.92 Å². The highest BCUT2D eigenvalue weighted by Gasteiger charge is 2.31. The first kappa shape index (κ1) is 21.7. The Morgan fingerprint density at radius 2 is 1.96 bits per heavy atom. The Labute approximate surface area is 166 Å². The molecule has 0 saturated carbocycles. The van der Waals surface area contributed by atoms with Gasteiger partial charge in [0.15, 0.2) is 5.76 Å². The molecular formula is C21H30N2O5. The normalized spacial score (nSPS) is 15.5. The van der Waals surface area contributed by atoms with Crippen LogP contribution in [0.5, 0.6) is 0 Å². The van der Waals surface area contributed by atoms with Gasteiger partial charge in [0.1, 0.15) is 30.0 Å². The number of hydrogen-bond acceptors (Lipinski definition) is 7.